The molecule has 0 saturated carbocycles. The first-order valence-electron chi connectivity index (χ1n) is 4.88. The van der Waals surface area contributed by atoms with Gasteiger partial charge in [0.25, 0.3) is 0 Å². The molecule has 5 heteroatoms. The smallest absolute Gasteiger partial charge is 0.147 e. The molecular formula is C10H16Br2N2O+2. The summed E-state index contributed by atoms with van der Waals surface area (Å²) >= 11 is 7.00. The molecule has 0 radical (unpaired) electrons. The highest BCUT2D eigenvalue weighted by Crippen LogP contribution is 2.34. The Kier molecular flexibility index (Phi) is 5.60. The van der Waals surface area contributed by atoms with Crippen molar-refractivity contribution in [2.75, 3.05) is 19.7 Å². The first kappa shape index (κ1) is 13.0. The van der Waals surface area contributed by atoms with Crippen LogP contribution in [0.2, 0.25) is 0 Å². The molecule has 0 fully saturated rings. The molecule has 0 spiro atoms. The van der Waals surface area contributed by atoms with Crippen LogP contribution < -0.4 is 16.2 Å². The van der Waals surface area contributed by atoms with Crippen LogP contribution in [-0.2, 0) is 6.42 Å². The Balaban J connectivity index is 2.88. The lowest BCUT2D eigenvalue weighted by molar-refractivity contribution is -0.371. The standard InChI is InChI=1S/C10H14Br2N2O/c11-8-5-7(1-2-13)6-9(12)10(8)15-4-3-14/h5-6H,1-4,13-14H2/p+2. The zero-order chi connectivity index (χ0) is 11.3. The minimum absolute atomic E-state index is 0.631. The van der Waals surface area contributed by atoms with Crippen LogP contribution in [0, 0.1) is 0 Å². The van der Waals surface area contributed by atoms with Gasteiger partial charge in [-0.25, -0.2) is 0 Å². The van der Waals surface area contributed by atoms with Crippen LogP contribution in [0.4, 0.5) is 0 Å². The lowest BCUT2D eigenvalue weighted by Gasteiger charge is -2.10. The zero-order valence-electron chi connectivity index (χ0n) is 8.56. The Labute approximate surface area is 106 Å². The second-order valence-corrected chi connectivity index (χ2v) is 4.90. The predicted octanol–water partition coefficient (Wildman–Crippen LogP) is 0.617. The summed E-state index contributed by atoms with van der Waals surface area (Å²) in [5, 5.41) is 0. The lowest BCUT2D eigenvalue weighted by atomic mass is 10.1. The van der Waals surface area contributed by atoms with Crippen LogP contribution >= 0.6 is 31.9 Å². The summed E-state index contributed by atoms with van der Waals surface area (Å²) in [7, 11) is 0. The third-order valence-electron chi connectivity index (χ3n) is 1.91. The SMILES string of the molecule is [NH3+]CCOc1c(Br)cc(CC[NH3+])cc1Br. The monoisotopic (exact) mass is 338 g/mol. The number of hydrogen-bond acceptors (Lipinski definition) is 1. The van der Waals surface area contributed by atoms with Crippen LogP contribution in [0.5, 0.6) is 5.75 Å². The molecule has 0 heterocycles. The van der Waals surface area contributed by atoms with Crippen molar-refractivity contribution in [3.8, 4) is 5.75 Å². The van der Waals surface area contributed by atoms with E-state index in [0.29, 0.717) is 6.61 Å². The molecule has 84 valence electrons. The first-order chi connectivity index (χ1) is 7.19. The van der Waals surface area contributed by atoms with Gasteiger partial charge in [-0.15, -0.1) is 0 Å². The topological polar surface area (TPSA) is 64.5 Å². The van der Waals surface area contributed by atoms with Gasteiger partial charge in [-0.1, -0.05) is 0 Å². The van der Waals surface area contributed by atoms with E-state index < -0.39 is 0 Å². The van der Waals surface area contributed by atoms with E-state index in [4.69, 9.17) is 4.74 Å². The van der Waals surface area contributed by atoms with Crippen LogP contribution in [0.1, 0.15) is 5.56 Å². The molecule has 3 nitrogen and oxygen atoms in total. The summed E-state index contributed by atoms with van der Waals surface area (Å²) in [5.74, 6) is 0.853. The summed E-state index contributed by atoms with van der Waals surface area (Å²) in [6.45, 7) is 2.29. The first-order valence-corrected chi connectivity index (χ1v) is 6.47. The molecule has 0 aliphatic heterocycles. The minimum atomic E-state index is 0.631. The Morgan fingerprint density at radius 3 is 2.13 bits per heavy atom. The Morgan fingerprint density at radius 2 is 1.67 bits per heavy atom. The highest BCUT2D eigenvalue weighted by molar-refractivity contribution is 9.11. The maximum atomic E-state index is 5.58. The number of quaternary nitrogens is 2. The summed E-state index contributed by atoms with van der Waals surface area (Å²) in [6.07, 6.45) is 0.979. The van der Waals surface area contributed by atoms with Crippen molar-refractivity contribution in [3.63, 3.8) is 0 Å². The van der Waals surface area contributed by atoms with Crippen molar-refractivity contribution in [2.45, 2.75) is 6.42 Å². The quantitative estimate of drug-likeness (QED) is 0.811. The van der Waals surface area contributed by atoms with Gasteiger partial charge >= 0.3 is 0 Å². The molecule has 0 bridgehead atoms. The third-order valence-corrected chi connectivity index (χ3v) is 3.09. The van der Waals surface area contributed by atoms with E-state index in [1.165, 1.54) is 5.56 Å². The number of rotatable bonds is 5. The minimum Gasteiger partial charge on any atom is -0.485 e. The molecule has 0 aromatic heterocycles. The third kappa shape index (κ3) is 3.75. The molecular weight excluding hydrogens is 324 g/mol. The molecule has 0 atom stereocenters. The number of benzene rings is 1. The fraction of sp³-hybridized carbons (Fsp3) is 0.400. The van der Waals surface area contributed by atoms with Gasteiger partial charge in [0.05, 0.1) is 15.5 Å². The van der Waals surface area contributed by atoms with Crippen molar-refractivity contribution in [1.29, 1.82) is 0 Å². The molecule has 1 aromatic carbocycles. The maximum Gasteiger partial charge on any atom is 0.147 e. The maximum absolute atomic E-state index is 5.58. The Bertz CT molecular complexity index is 308. The van der Waals surface area contributed by atoms with E-state index in [1.807, 2.05) is 0 Å². The van der Waals surface area contributed by atoms with Crippen LogP contribution in [0.25, 0.3) is 0 Å². The predicted molar refractivity (Wildman–Crippen MR) is 66.6 cm³/mol. The van der Waals surface area contributed by atoms with E-state index in [9.17, 15) is 0 Å². The highest BCUT2D eigenvalue weighted by Gasteiger charge is 2.08. The van der Waals surface area contributed by atoms with E-state index in [1.54, 1.807) is 0 Å². The van der Waals surface area contributed by atoms with Gasteiger partial charge in [0, 0.05) is 6.42 Å². The van der Waals surface area contributed by atoms with Gasteiger partial charge in [0.15, 0.2) is 0 Å². The van der Waals surface area contributed by atoms with Gasteiger partial charge in [-0.05, 0) is 49.6 Å². The molecule has 1 aromatic rings. The molecule has 0 saturated heterocycles. The van der Waals surface area contributed by atoms with Crippen molar-refractivity contribution in [2.24, 2.45) is 0 Å². The van der Waals surface area contributed by atoms with E-state index in [0.717, 1.165) is 34.2 Å². The molecule has 0 aliphatic carbocycles. The summed E-state index contributed by atoms with van der Waals surface area (Å²) in [5.41, 5.74) is 8.84. The number of ether oxygens (including phenoxy) is 1. The summed E-state index contributed by atoms with van der Waals surface area (Å²) in [4.78, 5) is 0. The Hall–Kier alpha value is -0.100. The molecule has 1 rings (SSSR count). The van der Waals surface area contributed by atoms with Crippen molar-refractivity contribution >= 4 is 31.9 Å². The van der Waals surface area contributed by atoms with Crippen LogP contribution in [-0.4, -0.2) is 19.7 Å². The number of halogens is 2. The van der Waals surface area contributed by atoms with Crippen molar-refractivity contribution in [1.82, 2.24) is 0 Å². The molecule has 0 unspecified atom stereocenters. The fourth-order valence-electron chi connectivity index (χ4n) is 1.27. The van der Waals surface area contributed by atoms with Crippen LogP contribution in [0.15, 0.2) is 21.1 Å². The number of hydrogen-bond donors (Lipinski definition) is 2. The lowest BCUT2D eigenvalue weighted by Crippen LogP contribution is -2.52. The van der Waals surface area contributed by atoms with Gasteiger partial charge < -0.3 is 16.2 Å². The van der Waals surface area contributed by atoms with Crippen molar-refractivity contribution < 1.29 is 16.2 Å². The molecule has 6 N–H and O–H groups in total. The van der Waals surface area contributed by atoms with Gasteiger partial charge in [0.1, 0.15) is 18.9 Å². The average Bonchev–Trinajstić information content (AvgIpc) is 2.17. The fourth-order valence-corrected chi connectivity index (χ4v) is 2.78. The average molecular weight is 340 g/mol. The molecule has 15 heavy (non-hydrogen) atoms. The highest BCUT2D eigenvalue weighted by atomic mass is 79.9. The normalized spacial score (nSPS) is 10.4. The summed E-state index contributed by atoms with van der Waals surface area (Å²) < 4.78 is 7.54. The Morgan fingerprint density at radius 1 is 1.07 bits per heavy atom. The van der Waals surface area contributed by atoms with E-state index >= 15 is 0 Å². The van der Waals surface area contributed by atoms with Gasteiger partial charge in [0.2, 0.25) is 0 Å². The van der Waals surface area contributed by atoms with E-state index in [2.05, 4.69) is 55.5 Å². The molecule has 0 aliphatic rings. The van der Waals surface area contributed by atoms with Crippen molar-refractivity contribution in [3.05, 3.63) is 26.6 Å². The molecule has 0 amide bonds. The summed E-state index contributed by atoms with van der Waals surface area (Å²) in [6, 6.07) is 4.16. The van der Waals surface area contributed by atoms with Gasteiger partial charge in [-0.2, -0.15) is 0 Å². The van der Waals surface area contributed by atoms with Gasteiger partial charge in [-0.3, -0.25) is 0 Å². The second-order valence-electron chi connectivity index (χ2n) is 3.19. The second kappa shape index (κ2) is 6.48. The van der Waals surface area contributed by atoms with Crippen LogP contribution in [0.3, 0.4) is 0 Å². The van der Waals surface area contributed by atoms with E-state index in [-0.39, 0.29) is 0 Å². The largest absolute Gasteiger partial charge is 0.485 e. The zero-order valence-corrected chi connectivity index (χ0v) is 11.7.